The highest BCUT2D eigenvalue weighted by atomic mass is 35.5. The van der Waals surface area contributed by atoms with E-state index in [1.54, 1.807) is 23.6 Å². The largest absolute Gasteiger partial charge is 0.417 e. The van der Waals surface area contributed by atoms with Crippen LogP contribution in [0.2, 0.25) is 5.02 Å². The first-order valence-electron chi connectivity index (χ1n) is 10.9. The molecule has 2 heterocycles. The zero-order chi connectivity index (χ0) is 25.9. The van der Waals surface area contributed by atoms with E-state index in [-0.39, 0.29) is 40.9 Å². The molecule has 4 rings (SSSR count). The minimum absolute atomic E-state index is 0.0452. The van der Waals surface area contributed by atoms with E-state index < -0.39 is 29.5 Å². The van der Waals surface area contributed by atoms with Crippen LogP contribution in [0.4, 0.5) is 13.2 Å². The number of alkyl halides is 3. The average molecular weight is 537 g/mol. The molecule has 3 amide bonds. The summed E-state index contributed by atoms with van der Waals surface area (Å²) in [6, 6.07) is 11.1. The highest BCUT2D eigenvalue weighted by Crippen LogP contribution is 2.34. The van der Waals surface area contributed by atoms with E-state index in [1.807, 2.05) is 0 Å². The topological polar surface area (TPSA) is 91.4 Å². The van der Waals surface area contributed by atoms with Gasteiger partial charge in [0.05, 0.1) is 26.7 Å². The molecule has 0 atom stereocenters. The first kappa shape index (κ1) is 25.6. The number of aromatic nitrogens is 1. The molecule has 0 saturated carbocycles. The number of nitrogens with zero attached hydrogens (tertiary/aromatic N) is 2. The van der Waals surface area contributed by atoms with Crippen LogP contribution >= 0.6 is 22.9 Å². The highest BCUT2D eigenvalue weighted by Gasteiger charge is 2.36. The van der Waals surface area contributed by atoms with Crippen molar-refractivity contribution >= 4 is 40.7 Å². The standard InChI is InChI=1S/C24H20ClF3N4O3S/c25-18-8-4-2-6-16(18)20(33)30-31-21(34)19-13-36-22(29-19)14-9-11-32(12-10-14)23(35)15-5-1-3-7-17(15)24(26,27)28/h1-8,13-14H,9-12H2,(H,30,33)(H,31,34). The Hall–Kier alpha value is -3.44. The number of halogens is 4. The summed E-state index contributed by atoms with van der Waals surface area (Å²) in [5, 5.41) is 2.48. The molecule has 1 aliphatic rings. The van der Waals surface area contributed by atoms with Crippen LogP contribution in [-0.4, -0.2) is 40.7 Å². The first-order chi connectivity index (χ1) is 17.1. The lowest BCUT2D eigenvalue weighted by Gasteiger charge is -2.31. The molecule has 0 unspecified atom stereocenters. The van der Waals surface area contributed by atoms with Crippen molar-refractivity contribution < 1.29 is 27.6 Å². The Labute approximate surface area is 213 Å². The van der Waals surface area contributed by atoms with Crippen molar-refractivity contribution in [1.29, 1.82) is 0 Å². The molecule has 2 N–H and O–H groups in total. The summed E-state index contributed by atoms with van der Waals surface area (Å²) in [5.74, 6) is -1.88. The van der Waals surface area contributed by atoms with E-state index in [1.165, 1.54) is 40.5 Å². The molecule has 7 nitrogen and oxygen atoms in total. The van der Waals surface area contributed by atoms with Gasteiger partial charge in [0.25, 0.3) is 17.7 Å². The van der Waals surface area contributed by atoms with Crippen molar-refractivity contribution in [3.63, 3.8) is 0 Å². The molecular weight excluding hydrogens is 517 g/mol. The average Bonchev–Trinajstić information content (AvgIpc) is 3.37. The van der Waals surface area contributed by atoms with Gasteiger partial charge in [0.1, 0.15) is 5.69 Å². The van der Waals surface area contributed by atoms with E-state index in [4.69, 9.17) is 11.6 Å². The van der Waals surface area contributed by atoms with Crippen molar-refractivity contribution in [2.75, 3.05) is 13.1 Å². The molecule has 1 fully saturated rings. The second-order valence-electron chi connectivity index (χ2n) is 8.07. The van der Waals surface area contributed by atoms with Crippen molar-refractivity contribution in [3.8, 4) is 0 Å². The molecule has 2 aromatic carbocycles. The molecule has 1 saturated heterocycles. The lowest BCUT2D eigenvalue weighted by molar-refractivity contribution is -0.138. The molecule has 188 valence electrons. The predicted molar refractivity (Wildman–Crippen MR) is 128 cm³/mol. The van der Waals surface area contributed by atoms with Gasteiger partial charge >= 0.3 is 6.18 Å². The Bertz CT molecular complexity index is 1290. The van der Waals surface area contributed by atoms with Gasteiger partial charge < -0.3 is 4.90 Å². The SMILES string of the molecule is O=C(NNC(=O)c1ccccc1Cl)c1csc(C2CCN(C(=O)c3ccccc3C(F)(F)F)CC2)n1. The predicted octanol–water partition coefficient (Wildman–Crippen LogP) is 4.91. The first-order valence-corrected chi connectivity index (χ1v) is 12.2. The maximum atomic E-state index is 13.3. The number of likely N-dealkylation sites (tertiary alicyclic amines) is 1. The number of nitrogens with one attached hydrogen (secondary N) is 2. The van der Waals surface area contributed by atoms with Gasteiger partial charge in [0, 0.05) is 24.4 Å². The third-order valence-electron chi connectivity index (χ3n) is 5.76. The van der Waals surface area contributed by atoms with E-state index >= 15 is 0 Å². The van der Waals surface area contributed by atoms with E-state index in [2.05, 4.69) is 15.8 Å². The van der Waals surface area contributed by atoms with Gasteiger partial charge in [-0.3, -0.25) is 25.2 Å². The number of carbonyl (C=O) groups excluding carboxylic acids is 3. The molecule has 1 aliphatic heterocycles. The zero-order valence-electron chi connectivity index (χ0n) is 18.6. The third-order valence-corrected chi connectivity index (χ3v) is 7.09. The number of hydrogen-bond donors (Lipinski definition) is 2. The fourth-order valence-corrected chi connectivity index (χ4v) is 5.08. The number of amides is 3. The van der Waals surface area contributed by atoms with Gasteiger partial charge in [-0.1, -0.05) is 35.9 Å². The number of piperidine rings is 1. The Kier molecular flexibility index (Phi) is 7.60. The van der Waals surface area contributed by atoms with Crippen LogP contribution in [0.15, 0.2) is 53.9 Å². The number of thiazole rings is 1. The van der Waals surface area contributed by atoms with E-state index in [0.29, 0.717) is 17.8 Å². The zero-order valence-corrected chi connectivity index (χ0v) is 20.2. The summed E-state index contributed by atoms with van der Waals surface area (Å²) in [4.78, 5) is 43.1. The van der Waals surface area contributed by atoms with Gasteiger partial charge in [-0.05, 0) is 37.1 Å². The molecule has 3 aromatic rings. The van der Waals surface area contributed by atoms with Crippen molar-refractivity contribution in [2.24, 2.45) is 0 Å². The van der Waals surface area contributed by atoms with Crippen molar-refractivity contribution in [1.82, 2.24) is 20.7 Å². The molecule has 36 heavy (non-hydrogen) atoms. The minimum atomic E-state index is -4.62. The fraction of sp³-hybridized carbons (Fsp3) is 0.250. The Morgan fingerprint density at radius 2 is 1.56 bits per heavy atom. The second kappa shape index (κ2) is 10.7. The monoisotopic (exact) mass is 536 g/mol. The van der Waals surface area contributed by atoms with Crippen molar-refractivity contribution in [3.05, 3.63) is 86.3 Å². The summed E-state index contributed by atoms with van der Waals surface area (Å²) in [7, 11) is 0. The quantitative estimate of drug-likeness (QED) is 0.464. The molecule has 12 heteroatoms. The molecular formula is C24H20ClF3N4O3S. The van der Waals surface area contributed by atoms with Crippen LogP contribution in [0.3, 0.4) is 0 Å². The molecule has 0 radical (unpaired) electrons. The second-order valence-corrected chi connectivity index (χ2v) is 9.37. The summed E-state index contributed by atoms with van der Waals surface area (Å²) >= 11 is 7.25. The van der Waals surface area contributed by atoms with Gasteiger partial charge in [-0.2, -0.15) is 13.2 Å². The molecule has 0 spiro atoms. The summed E-state index contributed by atoms with van der Waals surface area (Å²) < 4.78 is 39.9. The molecule has 0 bridgehead atoms. The number of hydrazine groups is 1. The minimum Gasteiger partial charge on any atom is -0.339 e. The smallest absolute Gasteiger partial charge is 0.339 e. The maximum absolute atomic E-state index is 13.3. The van der Waals surface area contributed by atoms with Gasteiger partial charge in [0.15, 0.2) is 0 Å². The molecule has 1 aromatic heterocycles. The summed E-state index contributed by atoms with van der Waals surface area (Å²) in [6.07, 6.45) is -3.62. The Morgan fingerprint density at radius 3 is 2.22 bits per heavy atom. The normalized spacial score (nSPS) is 14.4. The van der Waals surface area contributed by atoms with Crippen LogP contribution in [-0.2, 0) is 6.18 Å². The maximum Gasteiger partial charge on any atom is 0.417 e. The van der Waals surface area contributed by atoms with Crippen LogP contribution in [0.25, 0.3) is 0 Å². The van der Waals surface area contributed by atoms with Gasteiger partial charge in [0.2, 0.25) is 0 Å². The fourth-order valence-electron chi connectivity index (χ4n) is 3.89. The van der Waals surface area contributed by atoms with Gasteiger partial charge in [-0.15, -0.1) is 11.3 Å². The third kappa shape index (κ3) is 5.68. The number of hydrogen-bond acceptors (Lipinski definition) is 5. The van der Waals surface area contributed by atoms with Crippen LogP contribution in [0.1, 0.15) is 60.5 Å². The highest BCUT2D eigenvalue weighted by molar-refractivity contribution is 7.09. The van der Waals surface area contributed by atoms with Crippen LogP contribution in [0, 0.1) is 0 Å². The number of carbonyl (C=O) groups is 3. The number of rotatable bonds is 4. The van der Waals surface area contributed by atoms with Crippen molar-refractivity contribution in [2.45, 2.75) is 24.9 Å². The van der Waals surface area contributed by atoms with Crippen LogP contribution < -0.4 is 10.9 Å². The Balaban J connectivity index is 1.33. The van der Waals surface area contributed by atoms with E-state index in [0.717, 1.165) is 6.07 Å². The van der Waals surface area contributed by atoms with E-state index in [9.17, 15) is 27.6 Å². The summed E-state index contributed by atoms with van der Waals surface area (Å²) in [5.41, 5.74) is 3.60. The van der Waals surface area contributed by atoms with Gasteiger partial charge in [-0.25, -0.2) is 4.98 Å². The summed E-state index contributed by atoms with van der Waals surface area (Å²) in [6.45, 7) is 0.537. The lowest BCUT2D eigenvalue weighted by atomic mass is 9.96. The Morgan fingerprint density at radius 1 is 0.944 bits per heavy atom. The van der Waals surface area contributed by atoms with Crippen LogP contribution in [0.5, 0.6) is 0 Å². The molecule has 0 aliphatic carbocycles. The number of benzene rings is 2. The lowest BCUT2D eigenvalue weighted by Crippen LogP contribution is -2.42.